The minimum absolute atomic E-state index is 0.0651. The predicted molar refractivity (Wildman–Crippen MR) is 133 cm³/mol. The Kier molecular flexibility index (Phi) is 8.02. The number of rotatable bonds is 9. The fourth-order valence-corrected chi connectivity index (χ4v) is 5.45. The maximum atomic E-state index is 13.0. The summed E-state index contributed by atoms with van der Waals surface area (Å²) < 4.78 is 21.8. The molecule has 0 aliphatic carbocycles. The summed E-state index contributed by atoms with van der Waals surface area (Å²) in [6.07, 6.45) is 2.73. The van der Waals surface area contributed by atoms with Gasteiger partial charge in [0.15, 0.2) is 5.17 Å². The molecule has 9 nitrogen and oxygen atoms in total. The highest BCUT2D eigenvalue weighted by Crippen LogP contribution is 2.48. The van der Waals surface area contributed by atoms with E-state index in [4.69, 9.17) is 23.9 Å². The van der Waals surface area contributed by atoms with Crippen LogP contribution in [0.5, 0.6) is 11.5 Å². The zero-order chi connectivity index (χ0) is 24.9. The largest absolute Gasteiger partial charge is 0.497 e. The maximum Gasteiger partial charge on any atom is 0.338 e. The Hall–Kier alpha value is -2.98. The van der Waals surface area contributed by atoms with Crippen LogP contribution in [0.3, 0.4) is 0 Å². The number of allylic oxidation sites excluding steroid dienone is 1. The van der Waals surface area contributed by atoms with Crippen molar-refractivity contribution >= 4 is 28.8 Å². The summed E-state index contributed by atoms with van der Waals surface area (Å²) in [7, 11) is 4.52. The molecule has 0 radical (unpaired) electrons. The Balaban J connectivity index is 1.69. The number of aliphatic imine (C=N–C) groups is 1. The monoisotopic (exact) mass is 501 g/mol. The molecule has 1 aromatic carbocycles. The Morgan fingerprint density at radius 1 is 1.26 bits per heavy atom. The summed E-state index contributed by atoms with van der Waals surface area (Å²) in [6, 6.07) is 4.91. The lowest BCUT2D eigenvalue weighted by Gasteiger charge is -2.37. The van der Waals surface area contributed by atoms with Crippen LogP contribution in [0.15, 0.2) is 45.6 Å². The van der Waals surface area contributed by atoms with Crippen molar-refractivity contribution in [3.05, 3.63) is 46.1 Å². The van der Waals surface area contributed by atoms with Crippen LogP contribution < -0.4 is 14.8 Å². The second-order valence-corrected chi connectivity index (χ2v) is 9.16. The van der Waals surface area contributed by atoms with Crippen LogP contribution in [0.1, 0.15) is 44.2 Å². The number of methoxy groups -OCH3 is 3. The van der Waals surface area contributed by atoms with Crippen molar-refractivity contribution in [2.24, 2.45) is 4.99 Å². The molecule has 3 aliphatic heterocycles. The Morgan fingerprint density at radius 3 is 2.74 bits per heavy atom. The fraction of sp³-hybridized carbons (Fsp3) is 0.480. The topological polar surface area (TPSA) is 98.7 Å². The van der Waals surface area contributed by atoms with Crippen molar-refractivity contribution in [2.75, 3.05) is 34.5 Å². The van der Waals surface area contributed by atoms with Gasteiger partial charge >= 0.3 is 5.97 Å². The molecule has 1 amide bonds. The Labute approximate surface area is 209 Å². The van der Waals surface area contributed by atoms with Crippen LogP contribution >= 0.6 is 11.8 Å². The van der Waals surface area contributed by atoms with Crippen molar-refractivity contribution in [1.29, 1.82) is 0 Å². The molecule has 0 spiro atoms. The minimum atomic E-state index is -0.571. The van der Waals surface area contributed by atoms with E-state index in [1.54, 1.807) is 20.3 Å². The van der Waals surface area contributed by atoms with Gasteiger partial charge in [0.25, 0.3) is 0 Å². The third-order valence-corrected chi connectivity index (χ3v) is 7.15. The number of hydrogen-bond acceptors (Lipinski definition) is 9. The molecule has 1 aromatic rings. The van der Waals surface area contributed by atoms with E-state index in [0.29, 0.717) is 40.9 Å². The summed E-state index contributed by atoms with van der Waals surface area (Å²) in [5, 5.41) is 5.60. The lowest BCUT2D eigenvalue weighted by molar-refractivity contribution is -0.136. The molecule has 3 heterocycles. The molecule has 0 unspecified atom stereocenters. The number of benzene rings is 1. The van der Waals surface area contributed by atoms with Crippen molar-refractivity contribution in [3.8, 4) is 11.5 Å². The van der Waals surface area contributed by atoms with E-state index in [0.717, 1.165) is 30.7 Å². The Bertz CT molecular complexity index is 1080. The van der Waals surface area contributed by atoms with Gasteiger partial charge in [0.2, 0.25) is 5.91 Å². The minimum Gasteiger partial charge on any atom is -0.497 e. The van der Waals surface area contributed by atoms with Crippen molar-refractivity contribution in [1.82, 2.24) is 10.2 Å². The fourth-order valence-electron chi connectivity index (χ4n) is 4.51. The molecule has 2 atom stereocenters. The van der Waals surface area contributed by atoms with Crippen LogP contribution in [0.4, 0.5) is 0 Å². The highest BCUT2D eigenvalue weighted by Gasteiger charge is 2.42. The molecule has 1 fully saturated rings. The van der Waals surface area contributed by atoms with Crippen LogP contribution in [-0.2, 0) is 19.1 Å². The number of nitrogens with zero attached hydrogens (tertiary/aromatic N) is 2. The van der Waals surface area contributed by atoms with Crippen molar-refractivity contribution < 1.29 is 28.5 Å². The van der Waals surface area contributed by atoms with Crippen LogP contribution in [-0.4, -0.2) is 62.5 Å². The van der Waals surface area contributed by atoms with Crippen LogP contribution in [0.25, 0.3) is 0 Å². The van der Waals surface area contributed by atoms with Gasteiger partial charge in [-0.25, -0.2) is 9.79 Å². The van der Waals surface area contributed by atoms with Gasteiger partial charge in [-0.1, -0.05) is 18.7 Å². The van der Waals surface area contributed by atoms with E-state index < -0.39 is 12.0 Å². The molecule has 10 heteroatoms. The number of carbonyl (C=O) groups excluding carboxylic acids is 2. The average Bonchev–Trinajstić information content (AvgIpc) is 3.55. The van der Waals surface area contributed by atoms with Gasteiger partial charge in [0, 0.05) is 30.5 Å². The van der Waals surface area contributed by atoms with E-state index in [-0.39, 0.29) is 18.4 Å². The van der Waals surface area contributed by atoms with Crippen molar-refractivity contribution in [3.63, 3.8) is 0 Å². The maximum absolute atomic E-state index is 13.0. The molecule has 0 aromatic heterocycles. The molecule has 1 N–H and O–H groups in total. The number of hydrogen-bond donors (Lipinski definition) is 1. The molecule has 188 valence electrons. The first-order chi connectivity index (χ1) is 17.0. The lowest BCUT2D eigenvalue weighted by atomic mass is 9.92. The van der Waals surface area contributed by atoms with E-state index >= 15 is 0 Å². The third kappa shape index (κ3) is 5.18. The SMILES string of the molecule is CCC1=C(C(=O)OC)[C@@H](c2ccc(OC)cc2OC)N2C(CC(=O)NC[C@H]3CCCO3)=CSC2=N1. The van der Waals surface area contributed by atoms with Crippen LogP contribution in [0, 0.1) is 0 Å². The summed E-state index contributed by atoms with van der Waals surface area (Å²) in [6.45, 7) is 3.18. The number of thioether (sulfide) groups is 1. The first kappa shape index (κ1) is 25.1. The number of fused-ring (bicyclic) bond motifs is 1. The van der Waals surface area contributed by atoms with Gasteiger partial charge in [-0.15, -0.1) is 0 Å². The molecule has 4 rings (SSSR count). The normalized spacial score (nSPS) is 21.3. The highest BCUT2D eigenvalue weighted by molar-refractivity contribution is 8.16. The predicted octanol–water partition coefficient (Wildman–Crippen LogP) is 3.53. The molecule has 1 saturated heterocycles. The van der Waals surface area contributed by atoms with Crippen LogP contribution in [0.2, 0.25) is 0 Å². The molecular weight excluding hydrogens is 470 g/mol. The third-order valence-electron chi connectivity index (χ3n) is 6.26. The molecule has 3 aliphatic rings. The number of ether oxygens (including phenoxy) is 4. The van der Waals surface area contributed by atoms with Gasteiger partial charge in [-0.05, 0) is 36.8 Å². The van der Waals surface area contributed by atoms with Gasteiger partial charge < -0.3 is 29.2 Å². The first-order valence-electron chi connectivity index (χ1n) is 11.7. The molecule has 0 bridgehead atoms. The van der Waals surface area contributed by atoms with E-state index in [9.17, 15) is 9.59 Å². The van der Waals surface area contributed by atoms with Gasteiger partial charge in [0.1, 0.15) is 11.5 Å². The average molecular weight is 502 g/mol. The second-order valence-electron chi connectivity index (χ2n) is 8.32. The number of carbonyl (C=O) groups is 2. The smallest absolute Gasteiger partial charge is 0.338 e. The summed E-state index contributed by atoms with van der Waals surface area (Å²) in [5.74, 6) is 0.617. The van der Waals surface area contributed by atoms with Gasteiger partial charge in [-0.3, -0.25) is 4.79 Å². The standard InChI is InChI=1S/C25H31N3O6S/c1-5-19-22(24(30)33-4)23(18-9-8-16(31-2)12-20(18)32-3)28-15(14-35-25(28)27-19)11-21(29)26-13-17-7-6-10-34-17/h8-9,12,14,17,23H,5-7,10-11,13H2,1-4H3,(H,26,29)/t17-,23-/m1/s1. The quantitative estimate of drug-likeness (QED) is 0.513. The highest BCUT2D eigenvalue weighted by atomic mass is 32.2. The molecular formula is C25H31N3O6S. The second kappa shape index (κ2) is 11.2. The van der Waals surface area contributed by atoms with Gasteiger partial charge in [-0.2, -0.15) is 0 Å². The lowest BCUT2D eigenvalue weighted by Crippen LogP contribution is -2.39. The summed E-state index contributed by atoms with van der Waals surface area (Å²) in [4.78, 5) is 32.6. The first-order valence-corrected chi connectivity index (χ1v) is 12.5. The number of amidine groups is 1. The molecule has 0 saturated carbocycles. The van der Waals surface area contributed by atoms with Crippen molar-refractivity contribution in [2.45, 2.75) is 44.8 Å². The Morgan fingerprint density at radius 2 is 2.09 bits per heavy atom. The summed E-state index contributed by atoms with van der Waals surface area (Å²) in [5.41, 5.74) is 2.57. The number of esters is 1. The van der Waals surface area contributed by atoms with E-state index in [2.05, 4.69) is 5.32 Å². The van der Waals surface area contributed by atoms with Gasteiger partial charge in [0.05, 0.1) is 51.2 Å². The number of nitrogens with one attached hydrogen (secondary N) is 1. The zero-order valence-electron chi connectivity index (χ0n) is 20.5. The van der Waals surface area contributed by atoms with E-state index in [1.807, 2.05) is 29.4 Å². The molecule has 35 heavy (non-hydrogen) atoms. The number of amides is 1. The summed E-state index contributed by atoms with van der Waals surface area (Å²) >= 11 is 1.44. The van der Waals surface area contributed by atoms with E-state index in [1.165, 1.54) is 18.9 Å². The zero-order valence-corrected chi connectivity index (χ0v) is 21.3.